The number of hydrogen-bond acceptors (Lipinski definition) is 3. The number of carbonyl (C=O) groups excluding carboxylic acids is 1. The number of ether oxygens (including phenoxy) is 1. The lowest BCUT2D eigenvalue weighted by Gasteiger charge is -2.13. The Balaban J connectivity index is 2.03. The molecule has 4 heteroatoms. The molecule has 88 valence electrons. The molecule has 0 spiro atoms. The molecule has 0 radical (unpaired) electrons. The highest BCUT2D eigenvalue weighted by molar-refractivity contribution is 5.85. The fourth-order valence-corrected chi connectivity index (χ4v) is 1.46. The molecule has 0 aromatic rings. The van der Waals surface area contributed by atoms with Gasteiger partial charge >= 0.3 is 0 Å². The molecule has 4 nitrogen and oxygen atoms in total. The second-order valence-corrected chi connectivity index (χ2v) is 4.51. The van der Waals surface area contributed by atoms with Crippen LogP contribution in [0, 0.1) is 5.41 Å². The summed E-state index contributed by atoms with van der Waals surface area (Å²) in [6.07, 6.45) is 3.01. The van der Waals surface area contributed by atoms with Crippen LogP contribution in [-0.4, -0.2) is 31.7 Å². The Labute approximate surface area is 91.5 Å². The molecular weight excluding hydrogens is 192 g/mol. The van der Waals surface area contributed by atoms with Crippen molar-refractivity contribution in [3.63, 3.8) is 0 Å². The van der Waals surface area contributed by atoms with E-state index >= 15 is 0 Å². The number of hydrogen-bond donors (Lipinski definition) is 2. The minimum atomic E-state index is -0.223. The van der Waals surface area contributed by atoms with Gasteiger partial charge in [0.1, 0.15) is 0 Å². The highest BCUT2D eigenvalue weighted by atomic mass is 16.5. The Bertz CT molecular complexity index is 213. The van der Waals surface area contributed by atoms with Crippen LogP contribution in [-0.2, 0) is 9.53 Å². The summed E-state index contributed by atoms with van der Waals surface area (Å²) in [6.45, 7) is 5.88. The molecule has 0 atom stereocenters. The molecule has 0 unspecified atom stereocenters. The quantitative estimate of drug-likeness (QED) is 0.612. The summed E-state index contributed by atoms with van der Waals surface area (Å²) >= 11 is 0. The standard InChI is InChI=1S/C11H22N2O2/c1-9(2)15-7-3-6-13-10(14)11(8-12)4-5-11/h9H,3-8,12H2,1-2H3,(H,13,14). The van der Waals surface area contributed by atoms with E-state index in [9.17, 15) is 4.79 Å². The van der Waals surface area contributed by atoms with Crippen LogP contribution >= 0.6 is 0 Å². The number of rotatable bonds is 7. The maximum Gasteiger partial charge on any atom is 0.227 e. The summed E-state index contributed by atoms with van der Waals surface area (Å²) in [5.74, 6) is 0.120. The smallest absolute Gasteiger partial charge is 0.227 e. The van der Waals surface area contributed by atoms with Crippen molar-refractivity contribution in [2.45, 2.75) is 39.2 Å². The second-order valence-electron chi connectivity index (χ2n) is 4.51. The van der Waals surface area contributed by atoms with Crippen LogP contribution in [0.5, 0.6) is 0 Å². The number of nitrogens with two attached hydrogens (primary N) is 1. The molecule has 3 N–H and O–H groups in total. The van der Waals surface area contributed by atoms with Crippen LogP contribution in [0.2, 0.25) is 0 Å². The molecule has 15 heavy (non-hydrogen) atoms. The summed E-state index contributed by atoms with van der Waals surface area (Å²) in [5.41, 5.74) is 5.33. The van der Waals surface area contributed by atoms with Gasteiger partial charge in [0.25, 0.3) is 0 Å². The monoisotopic (exact) mass is 214 g/mol. The molecule has 0 heterocycles. The third kappa shape index (κ3) is 3.80. The van der Waals surface area contributed by atoms with Crippen LogP contribution in [0.25, 0.3) is 0 Å². The zero-order valence-corrected chi connectivity index (χ0v) is 9.71. The molecule has 1 aliphatic carbocycles. The normalized spacial score (nSPS) is 17.9. The van der Waals surface area contributed by atoms with Crippen molar-refractivity contribution in [3.05, 3.63) is 0 Å². The third-order valence-electron chi connectivity index (χ3n) is 2.78. The zero-order chi connectivity index (χ0) is 11.3. The van der Waals surface area contributed by atoms with Crippen molar-refractivity contribution in [1.29, 1.82) is 0 Å². The Morgan fingerprint density at radius 1 is 1.53 bits per heavy atom. The van der Waals surface area contributed by atoms with Gasteiger partial charge in [-0.1, -0.05) is 0 Å². The van der Waals surface area contributed by atoms with Crippen LogP contribution in [0.1, 0.15) is 33.1 Å². The molecule has 0 bridgehead atoms. The van der Waals surface area contributed by atoms with Crippen molar-refractivity contribution in [2.75, 3.05) is 19.7 Å². The zero-order valence-electron chi connectivity index (χ0n) is 9.71. The van der Waals surface area contributed by atoms with Gasteiger partial charge in [-0.25, -0.2) is 0 Å². The fraction of sp³-hybridized carbons (Fsp3) is 0.909. The third-order valence-corrected chi connectivity index (χ3v) is 2.78. The van der Waals surface area contributed by atoms with Gasteiger partial charge < -0.3 is 15.8 Å². The molecule has 1 saturated carbocycles. The highest BCUT2D eigenvalue weighted by Crippen LogP contribution is 2.44. The summed E-state index contributed by atoms with van der Waals surface area (Å²) in [7, 11) is 0. The topological polar surface area (TPSA) is 64.3 Å². The van der Waals surface area contributed by atoms with Gasteiger partial charge in [0.15, 0.2) is 0 Å². The highest BCUT2D eigenvalue weighted by Gasteiger charge is 2.48. The number of carbonyl (C=O) groups is 1. The Hall–Kier alpha value is -0.610. The summed E-state index contributed by atoms with van der Waals surface area (Å²) in [6, 6.07) is 0. The predicted octanol–water partition coefficient (Wildman–Crippen LogP) is 0.657. The molecule has 0 aromatic carbocycles. The lowest BCUT2D eigenvalue weighted by atomic mass is 10.1. The number of amides is 1. The van der Waals surface area contributed by atoms with Crippen molar-refractivity contribution in [2.24, 2.45) is 11.1 Å². The molecular formula is C11H22N2O2. The van der Waals surface area contributed by atoms with E-state index in [1.54, 1.807) is 0 Å². The van der Waals surface area contributed by atoms with Gasteiger partial charge in [-0.05, 0) is 33.1 Å². The van der Waals surface area contributed by atoms with Crippen molar-refractivity contribution >= 4 is 5.91 Å². The van der Waals surface area contributed by atoms with Crippen LogP contribution < -0.4 is 11.1 Å². The lowest BCUT2D eigenvalue weighted by Crippen LogP contribution is -2.37. The summed E-state index contributed by atoms with van der Waals surface area (Å²) in [5, 5.41) is 2.91. The average molecular weight is 214 g/mol. The number of nitrogens with one attached hydrogen (secondary N) is 1. The first-order chi connectivity index (χ1) is 7.10. The Morgan fingerprint density at radius 2 is 2.20 bits per heavy atom. The Kier molecular flexibility index (Phi) is 4.54. The van der Waals surface area contributed by atoms with E-state index in [1.807, 2.05) is 13.8 Å². The minimum absolute atomic E-state index is 0.120. The van der Waals surface area contributed by atoms with Gasteiger partial charge in [-0.3, -0.25) is 4.79 Å². The van der Waals surface area contributed by atoms with Gasteiger partial charge in [-0.15, -0.1) is 0 Å². The van der Waals surface area contributed by atoms with Gasteiger partial charge in [0.2, 0.25) is 5.91 Å². The van der Waals surface area contributed by atoms with E-state index in [-0.39, 0.29) is 17.4 Å². The summed E-state index contributed by atoms with van der Waals surface area (Å²) < 4.78 is 5.38. The van der Waals surface area contributed by atoms with Crippen LogP contribution in [0.4, 0.5) is 0 Å². The van der Waals surface area contributed by atoms with Gasteiger partial charge in [-0.2, -0.15) is 0 Å². The van der Waals surface area contributed by atoms with Crippen LogP contribution in [0.3, 0.4) is 0 Å². The minimum Gasteiger partial charge on any atom is -0.379 e. The molecule has 1 rings (SSSR count). The first-order valence-electron chi connectivity index (χ1n) is 5.71. The maximum atomic E-state index is 11.6. The van der Waals surface area contributed by atoms with Crippen molar-refractivity contribution in [1.82, 2.24) is 5.32 Å². The SMILES string of the molecule is CC(C)OCCCNC(=O)C1(CN)CC1. The van der Waals surface area contributed by atoms with Crippen molar-refractivity contribution < 1.29 is 9.53 Å². The molecule has 0 saturated heterocycles. The van der Waals surface area contributed by atoms with Gasteiger partial charge in [0.05, 0.1) is 11.5 Å². The van der Waals surface area contributed by atoms with E-state index in [1.165, 1.54) is 0 Å². The maximum absolute atomic E-state index is 11.6. The molecule has 1 fully saturated rings. The summed E-state index contributed by atoms with van der Waals surface area (Å²) in [4.78, 5) is 11.6. The van der Waals surface area contributed by atoms with E-state index < -0.39 is 0 Å². The van der Waals surface area contributed by atoms with E-state index in [2.05, 4.69) is 5.32 Å². The van der Waals surface area contributed by atoms with Gasteiger partial charge in [0, 0.05) is 19.7 Å². The first-order valence-corrected chi connectivity index (χ1v) is 5.71. The Morgan fingerprint density at radius 3 is 2.67 bits per heavy atom. The molecule has 1 aliphatic rings. The van der Waals surface area contributed by atoms with Crippen molar-refractivity contribution in [3.8, 4) is 0 Å². The average Bonchev–Trinajstić information content (AvgIpc) is 2.97. The first kappa shape index (κ1) is 12.5. The molecule has 1 amide bonds. The predicted molar refractivity (Wildman–Crippen MR) is 59.4 cm³/mol. The molecule has 0 aliphatic heterocycles. The second kappa shape index (κ2) is 5.47. The van der Waals surface area contributed by atoms with E-state index in [0.29, 0.717) is 19.7 Å². The van der Waals surface area contributed by atoms with E-state index in [4.69, 9.17) is 10.5 Å². The lowest BCUT2D eigenvalue weighted by molar-refractivity contribution is -0.126. The van der Waals surface area contributed by atoms with Crippen LogP contribution in [0.15, 0.2) is 0 Å². The largest absolute Gasteiger partial charge is 0.379 e. The molecule has 0 aromatic heterocycles. The fourth-order valence-electron chi connectivity index (χ4n) is 1.46. The van der Waals surface area contributed by atoms with E-state index in [0.717, 1.165) is 19.3 Å².